The van der Waals surface area contributed by atoms with Crippen LogP contribution < -0.4 is 5.32 Å². The van der Waals surface area contributed by atoms with Gasteiger partial charge in [-0.25, -0.2) is 0 Å². The lowest BCUT2D eigenvalue weighted by molar-refractivity contribution is 0.493. The molecule has 1 heterocycles. The molecule has 0 saturated carbocycles. The lowest BCUT2D eigenvalue weighted by Crippen LogP contribution is -1.98. The maximum absolute atomic E-state index is 5.47. The van der Waals surface area contributed by atoms with Crippen molar-refractivity contribution in [2.24, 2.45) is 0 Å². The highest BCUT2D eigenvalue weighted by molar-refractivity contribution is 14.1. The van der Waals surface area contributed by atoms with Gasteiger partial charge in [0.2, 0.25) is 0 Å². The summed E-state index contributed by atoms with van der Waals surface area (Å²) in [4.78, 5) is 0. The Balaban J connectivity index is 2.07. The van der Waals surface area contributed by atoms with E-state index in [0.717, 1.165) is 24.2 Å². The zero-order valence-electron chi connectivity index (χ0n) is 8.14. The summed E-state index contributed by atoms with van der Waals surface area (Å²) in [5, 5.41) is 3.31. The van der Waals surface area contributed by atoms with Gasteiger partial charge in [0.15, 0.2) is 3.77 Å². The van der Waals surface area contributed by atoms with E-state index < -0.39 is 0 Å². The third-order valence-corrected chi connectivity index (χ3v) is 3.77. The molecule has 16 heavy (non-hydrogen) atoms. The highest BCUT2D eigenvalue weighted by Crippen LogP contribution is 2.26. The molecule has 1 aromatic carbocycles. The van der Waals surface area contributed by atoms with E-state index in [4.69, 9.17) is 4.42 Å². The Labute approximate surface area is 124 Å². The molecule has 0 aliphatic rings. The minimum Gasteiger partial charge on any atom is -0.454 e. The average Bonchev–Trinajstić information content (AvgIpc) is 2.66. The van der Waals surface area contributed by atoms with Crippen molar-refractivity contribution in [1.82, 2.24) is 0 Å². The van der Waals surface area contributed by atoms with Gasteiger partial charge < -0.3 is 9.73 Å². The van der Waals surface area contributed by atoms with Crippen LogP contribution in [0.25, 0.3) is 0 Å². The molecule has 0 amide bonds. The van der Waals surface area contributed by atoms with Crippen LogP contribution >= 0.6 is 54.5 Å². The first kappa shape index (κ1) is 12.4. The molecule has 0 saturated heterocycles. The molecule has 0 fully saturated rings. The molecular formula is C11H8Br2INO. The Morgan fingerprint density at radius 3 is 2.69 bits per heavy atom. The zero-order chi connectivity index (χ0) is 11.5. The van der Waals surface area contributed by atoms with E-state index in [2.05, 4.69) is 59.8 Å². The second kappa shape index (κ2) is 5.55. The van der Waals surface area contributed by atoms with Gasteiger partial charge in [-0.3, -0.25) is 0 Å². The van der Waals surface area contributed by atoms with E-state index >= 15 is 0 Å². The van der Waals surface area contributed by atoms with E-state index in [1.165, 1.54) is 0 Å². The smallest absolute Gasteiger partial charge is 0.164 e. The van der Waals surface area contributed by atoms with Gasteiger partial charge in [0.25, 0.3) is 0 Å². The Hall–Kier alpha value is -0.0100. The van der Waals surface area contributed by atoms with Crippen LogP contribution in [0, 0.1) is 3.77 Å². The van der Waals surface area contributed by atoms with Crippen LogP contribution in [0.3, 0.4) is 0 Å². The third kappa shape index (κ3) is 3.24. The lowest BCUT2D eigenvalue weighted by Gasteiger charge is -2.07. The van der Waals surface area contributed by atoms with Crippen molar-refractivity contribution in [3.05, 3.63) is 48.8 Å². The monoisotopic (exact) mass is 455 g/mol. The topological polar surface area (TPSA) is 25.2 Å². The van der Waals surface area contributed by atoms with Crippen LogP contribution in [0.2, 0.25) is 0 Å². The van der Waals surface area contributed by atoms with Gasteiger partial charge in [-0.1, -0.05) is 15.9 Å². The molecule has 84 valence electrons. The van der Waals surface area contributed by atoms with E-state index in [1.807, 2.05) is 30.3 Å². The Morgan fingerprint density at radius 2 is 2.00 bits per heavy atom. The first-order valence-electron chi connectivity index (χ1n) is 4.58. The Bertz CT molecular complexity index is 498. The average molecular weight is 457 g/mol. The number of hydrogen-bond acceptors (Lipinski definition) is 2. The second-order valence-electron chi connectivity index (χ2n) is 3.18. The fourth-order valence-electron chi connectivity index (χ4n) is 1.26. The van der Waals surface area contributed by atoms with Gasteiger partial charge in [-0.15, -0.1) is 0 Å². The van der Waals surface area contributed by atoms with Crippen LogP contribution in [0.4, 0.5) is 5.69 Å². The molecule has 2 rings (SSSR count). The highest BCUT2D eigenvalue weighted by atomic mass is 127. The Kier molecular flexibility index (Phi) is 4.32. The van der Waals surface area contributed by atoms with Crippen LogP contribution in [0.15, 0.2) is 43.7 Å². The largest absolute Gasteiger partial charge is 0.454 e. The number of anilines is 1. The van der Waals surface area contributed by atoms with Crippen molar-refractivity contribution < 1.29 is 4.42 Å². The summed E-state index contributed by atoms with van der Waals surface area (Å²) >= 11 is 9.09. The predicted molar refractivity (Wildman–Crippen MR) is 80.6 cm³/mol. The number of halogens is 3. The quantitative estimate of drug-likeness (QED) is 0.656. The molecule has 2 aromatic rings. The fraction of sp³-hybridized carbons (Fsp3) is 0.0909. The van der Waals surface area contributed by atoms with Gasteiger partial charge >= 0.3 is 0 Å². The molecule has 2 nitrogen and oxygen atoms in total. The summed E-state index contributed by atoms with van der Waals surface area (Å²) in [6, 6.07) is 9.94. The molecule has 0 unspecified atom stereocenters. The minimum absolute atomic E-state index is 0.679. The number of benzene rings is 1. The van der Waals surface area contributed by atoms with Crippen molar-refractivity contribution in [3.63, 3.8) is 0 Å². The predicted octanol–water partition coefficient (Wildman–Crippen LogP) is 5.02. The molecule has 1 N–H and O–H groups in total. The minimum atomic E-state index is 0.679. The van der Waals surface area contributed by atoms with E-state index in [0.29, 0.717) is 6.54 Å². The van der Waals surface area contributed by atoms with Crippen molar-refractivity contribution in [1.29, 1.82) is 0 Å². The molecule has 0 spiro atoms. The third-order valence-electron chi connectivity index (χ3n) is 2.01. The summed E-state index contributed by atoms with van der Waals surface area (Å²) in [5.74, 6) is 0.927. The summed E-state index contributed by atoms with van der Waals surface area (Å²) in [5.41, 5.74) is 1.04. The SMILES string of the molecule is Brc1ccc(Br)c(NCc2ccc(I)o2)c1. The van der Waals surface area contributed by atoms with Crippen molar-refractivity contribution in [3.8, 4) is 0 Å². The standard InChI is InChI=1S/C11H8Br2INO/c12-7-1-3-9(13)10(5-7)15-6-8-2-4-11(14)16-8/h1-5,15H,6H2. The molecular weight excluding hydrogens is 449 g/mol. The first-order chi connectivity index (χ1) is 7.65. The molecule has 0 atom stereocenters. The summed E-state index contributed by atoms with van der Waals surface area (Å²) in [6.07, 6.45) is 0. The van der Waals surface area contributed by atoms with Gasteiger partial charge in [0.05, 0.1) is 6.54 Å². The summed E-state index contributed by atoms with van der Waals surface area (Å²) in [6.45, 7) is 0.679. The first-order valence-corrected chi connectivity index (χ1v) is 7.25. The number of nitrogens with one attached hydrogen (secondary N) is 1. The van der Waals surface area contributed by atoms with Crippen LogP contribution in [0.1, 0.15) is 5.76 Å². The fourth-order valence-corrected chi connectivity index (χ4v) is 2.47. The molecule has 5 heteroatoms. The Morgan fingerprint density at radius 1 is 1.19 bits per heavy atom. The van der Waals surface area contributed by atoms with Crippen LogP contribution in [0.5, 0.6) is 0 Å². The van der Waals surface area contributed by atoms with Gasteiger partial charge in [0.1, 0.15) is 5.76 Å². The maximum atomic E-state index is 5.47. The number of rotatable bonds is 3. The van der Waals surface area contributed by atoms with Crippen molar-refractivity contribution >= 4 is 60.1 Å². The highest BCUT2D eigenvalue weighted by Gasteiger charge is 2.02. The maximum Gasteiger partial charge on any atom is 0.164 e. The second-order valence-corrected chi connectivity index (χ2v) is 6.02. The molecule has 1 aromatic heterocycles. The zero-order valence-corrected chi connectivity index (χ0v) is 13.5. The van der Waals surface area contributed by atoms with Gasteiger partial charge in [-0.05, 0) is 68.9 Å². The summed E-state index contributed by atoms with van der Waals surface area (Å²) in [7, 11) is 0. The molecule has 0 aliphatic heterocycles. The van der Waals surface area contributed by atoms with Crippen LogP contribution in [-0.2, 0) is 6.54 Å². The van der Waals surface area contributed by atoms with Crippen molar-refractivity contribution in [2.75, 3.05) is 5.32 Å². The van der Waals surface area contributed by atoms with Gasteiger partial charge in [-0.2, -0.15) is 0 Å². The summed E-state index contributed by atoms with van der Waals surface area (Å²) < 4.78 is 8.46. The van der Waals surface area contributed by atoms with Crippen LogP contribution in [-0.4, -0.2) is 0 Å². The number of hydrogen-bond donors (Lipinski definition) is 1. The van der Waals surface area contributed by atoms with E-state index in [-0.39, 0.29) is 0 Å². The van der Waals surface area contributed by atoms with E-state index in [1.54, 1.807) is 0 Å². The van der Waals surface area contributed by atoms with Crippen molar-refractivity contribution in [2.45, 2.75) is 6.54 Å². The molecule has 0 bridgehead atoms. The molecule has 0 radical (unpaired) electrons. The van der Waals surface area contributed by atoms with E-state index in [9.17, 15) is 0 Å². The number of furan rings is 1. The van der Waals surface area contributed by atoms with Gasteiger partial charge in [0, 0.05) is 14.6 Å². The normalized spacial score (nSPS) is 10.4. The lowest BCUT2D eigenvalue weighted by atomic mass is 10.3. The molecule has 0 aliphatic carbocycles.